The van der Waals surface area contributed by atoms with E-state index in [-0.39, 0.29) is 5.75 Å². The number of nitrogens with one attached hydrogen (secondary N) is 1. The van der Waals surface area contributed by atoms with Gasteiger partial charge in [0.2, 0.25) is 10.0 Å². The van der Waals surface area contributed by atoms with Crippen LogP contribution in [0, 0.1) is 0 Å². The Kier molecular flexibility index (Phi) is 2.59. The molecule has 0 bridgehead atoms. The first-order valence-corrected chi connectivity index (χ1v) is 6.55. The fourth-order valence-electron chi connectivity index (χ4n) is 1.47. The Bertz CT molecular complexity index is 603. The molecule has 0 spiro atoms. The van der Waals surface area contributed by atoms with Crippen molar-refractivity contribution in [1.82, 2.24) is 9.97 Å². The largest absolute Gasteiger partial charge is 0.345 e. The van der Waals surface area contributed by atoms with Crippen LogP contribution in [0.25, 0.3) is 11.0 Å². The van der Waals surface area contributed by atoms with E-state index in [1.807, 2.05) is 0 Å². The van der Waals surface area contributed by atoms with E-state index in [4.69, 9.17) is 0 Å². The highest BCUT2D eigenvalue weighted by Crippen LogP contribution is 2.20. The molecule has 0 aliphatic heterocycles. The van der Waals surface area contributed by atoms with Crippen LogP contribution in [0.15, 0.2) is 24.5 Å². The van der Waals surface area contributed by atoms with Crippen molar-refractivity contribution in [3.8, 4) is 0 Å². The number of hydrogen-bond donors (Lipinski definition) is 1. The summed E-state index contributed by atoms with van der Waals surface area (Å²) in [5, 5.41) is 0. The van der Waals surface area contributed by atoms with Gasteiger partial charge in [-0.2, -0.15) is 0 Å². The summed E-state index contributed by atoms with van der Waals surface area (Å²) >= 11 is 0. The molecule has 0 aliphatic rings. The molecule has 1 N–H and O–H groups in total. The van der Waals surface area contributed by atoms with E-state index in [2.05, 4.69) is 9.97 Å². The van der Waals surface area contributed by atoms with Gasteiger partial charge in [-0.3, -0.25) is 4.31 Å². The predicted octanol–water partition coefficient (Wildman–Crippen LogP) is 1.35. The third kappa shape index (κ3) is 1.76. The van der Waals surface area contributed by atoms with Gasteiger partial charge in [0.15, 0.2) is 0 Å². The molecule has 0 unspecified atom stereocenters. The first-order chi connectivity index (χ1) is 7.54. The molecule has 1 aromatic carbocycles. The SMILES string of the molecule is CCS(=O)(=O)N(C)c1ccc2nc[nH]c2c1. The van der Waals surface area contributed by atoms with Crippen molar-refractivity contribution < 1.29 is 8.42 Å². The summed E-state index contributed by atoms with van der Waals surface area (Å²) in [6.07, 6.45) is 1.59. The third-order valence-electron chi connectivity index (χ3n) is 2.55. The lowest BCUT2D eigenvalue weighted by Crippen LogP contribution is -2.27. The number of benzene rings is 1. The van der Waals surface area contributed by atoms with Crippen LogP contribution in [0.4, 0.5) is 5.69 Å². The van der Waals surface area contributed by atoms with E-state index >= 15 is 0 Å². The summed E-state index contributed by atoms with van der Waals surface area (Å²) in [7, 11) is -1.65. The van der Waals surface area contributed by atoms with Crippen molar-refractivity contribution in [3.05, 3.63) is 24.5 Å². The number of imidazole rings is 1. The monoisotopic (exact) mass is 239 g/mol. The zero-order valence-electron chi connectivity index (χ0n) is 9.14. The lowest BCUT2D eigenvalue weighted by Gasteiger charge is -2.18. The highest BCUT2D eigenvalue weighted by atomic mass is 32.2. The van der Waals surface area contributed by atoms with Crippen molar-refractivity contribution in [2.45, 2.75) is 6.92 Å². The molecule has 0 saturated heterocycles. The van der Waals surface area contributed by atoms with Gasteiger partial charge < -0.3 is 4.98 Å². The van der Waals surface area contributed by atoms with Gasteiger partial charge in [-0.25, -0.2) is 13.4 Å². The molecule has 1 aromatic heterocycles. The summed E-state index contributed by atoms with van der Waals surface area (Å²) in [5.41, 5.74) is 2.29. The summed E-state index contributed by atoms with van der Waals surface area (Å²) in [5.74, 6) is 0.0878. The van der Waals surface area contributed by atoms with Gasteiger partial charge in [0.25, 0.3) is 0 Å². The van der Waals surface area contributed by atoms with Crippen molar-refractivity contribution in [2.24, 2.45) is 0 Å². The Labute approximate surface area is 94.2 Å². The summed E-state index contributed by atoms with van der Waals surface area (Å²) in [6, 6.07) is 5.31. The normalized spacial score (nSPS) is 11.9. The average molecular weight is 239 g/mol. The molecule has 0 amide bonds. The Morgan fingerprint density at radius 2 is 2.19 bits per heavy atom. The minimum atomic E-state index is -3.20. The van der Waals surface area contributed by atoms with Crippen LogP contribution in [0.5, 0.6) is 0 Å². The standard InChI is InChI=1S/C10H13N3O2S/c1-3-16(14,15)13(2)8-4-5-9-10(6-8)12-7-11-9/h4-7H,3H2,1-2H3,(H,11,12). The Balaban J connectivity index is 2.47. The average Bonchev–Trinajstić information content (AvgIpc) is 2.74. The maximum atomic E-state index is 11.7. The number of sulfonamides is 1. The van der Waals surface area contributed by atoms with Crippen molar-refractivity contribution in [3.63, 3.8) is 0 Å². The third-order valence-corrected chi connectivity index (χ3v) is 4.32. The maximum absolute atomic E-state index is 11.7. The molecular formula is C10H13N3O2S. The van der Waals surface area contributed by atoms with Gasteiger partial charge in [0, 0.05) is 7.05 Å². The number of hydrogen-bond acceptors (Lipinski definition) is 3. The van der Waals surface area contributed by atoms with Crippen molar-refractivity contribution in [1.29, 1.82) is 0 Å². The van der Waals surface area contributed by atoms with Gasteiger partial charge in [-0.05, 0) is 25.1 Å². The first kappa shape index (κ1) is 10.9. The van der Waals surface area contributed by atoms with Crippen LogP contribution in [0.1, 0.15) is 6.92 Å². The van der Waals surface area contributed by atoms with Crippen LogP contribution in [-0.2, 0) is 10.0 Å². The lowest BCUT2D eigenvalue weighted by atomic mass is 10.3. The van der Waals surface area contributed by atoms with Crippen LogP contribution in [0.3, 0.4) is 0 Å². The smallest absolute Gasteiger partial charge is 0.234 e. The number of aromatic nitrogens is 2. The molecular weight excluding hydrogens is 226 g/mol. The molecule has 2 rings (SSSR count). The Morgan fingerprint density at radius 1 is 1.44 bits per heavy atom. The molecule has 1 heterocycles. The van der Waals surface area contributed by atoms with Gasteiger partial charge in [-0.15, -0.1) is 0 Å². The summed E-state index contributed by atoms with van der Waals surface area (Å²) < 4.78 is 24.6. The number of nitrogens with zero attached hydrogens (tertiary/aromatic N) is 2. The van der Waals surface area contributed by atoms with E-state index in [1.54, 1.807) is 38.5 Å². The fourth-order valence-corrected chi connectivity index (χ4v) is 2.30. The Hall–Kier alpha value is -1.56. The first-order valence-electron chi connectivity index (χ1n) is 4.94. The second-order valence-corrected chi connectivity index (χ2v) is 5.76. The van der Waals surface area contributed by atoms with Crippen LogP contribution in [0.2, 0.25) is 0 Å². The maximum Gasteiger partial charge on any atom is 0.234 e. The van der Waals surface area contributed by atoms with Crippen molar-refractivity contribution in [2.75, 3.05) is 17.1 Å². The van der Waals surface area contributed by atoms with E-state index in [1.165, 1.54) is 4.31 Å². The van der Waals surface area contributed by atoms with Gasteiger partial charge in [-0.1, -0.05) is 0 Å². The summed E-state index contributed by atoms with van der Waals surface area (Å²) in [6.45, 7) is 1.63. The number of fused-ring (bicyclic) bond motifs is 1. The molecule has 16 heavy (non-hydrogen) atoms. The number of anilines is 1. The topological polar surface area (TPSA) is 66.1 Å². The van der Waals surface area contributed by atoms with Crippen LogP contribution in [-0.4, -0.2) is 31.2 Å². The molecule has 86 valence electrons. The molecule has 0 radical (unpaired) electrons. The van der Waals surface area contributed by atoms with Gasteiger partial charge in [0.1, 0.15) is 0 Å². The van der Waals surface area contributed by atoms with Crippen LogP contribution < -0.4 is 4.31 Å². The summed E-state index contributed by atoms with van der Waals surface area (Å²) in [4.78, 5) is 7.03. The molecule has 2 aromatic rings. The van der Waals surface area contributed by atoms with E-state index in [0.717, 1.165) is 11.0 Å². The molecule has 5 nitrogen and oxygen atoms in total. The zero-order chi connectivity index (χ0) is 11.8. The quantitative estimate of drug-likeness (QED) is 0.879. The minimum Gasteiger partial charge on any atom is -0.345 e. The number of H-pyrrole nitrogens is 1. The minimum absolute atomic E-state index is 0.0878. The van der Waals surface area contributed by atoms with E-state index < -0.39 is 10.0 Å². The molecule has 0 atom stereocenters. The molecule has 0 fully saturated rings. The number of aromatic amines is 1. The van der Waals surface area contributed by atoms with E-state index in [0.29, 0.717) is 5.69 Å². The van der Waals surface area contributed by atoms with Crippen molar-refractivity contribution >= 4 is 26.7 Å². The highest BCUT2D eigenvalue weighted by molar-refractivity contribution is 7.92. The lowest BCUT2D eigenvalue weighted by molar-refractivity contribution is 0.595. The highest BCUT2D eigenvalue weighted by Gasteiger charge is 2.15. The molecule has 0 aliphatic carbocycles. The van der Waals surface area contributed by atoms with Gasteiger partial charge in [0.05, 0.1) is 28.8 Å². The predicted molar refractivity (Wildman–Crippen MR) is 64.0 cm³/mol. The fraction of sp³-hybridized carbons (Fsp3) is 0.300. The molecule has 6 heteroatoms. The zero-order valence-corrected chi connectivity index (χ0v) is 9.95. The second kappa shape index (κ2) is 3.79. The Morgan fingerprint density at radius 3 is 2.88 bits per heavy atom. The molecule has 0 saturated carbocycles. The van der Waals surface area contributed by atoms with E-state index in [9.17, 15) is 8.42 Å². The van der Waals surface area contributed by atoms with Crippen LogP contribution >= 0.6 is 0 Å². The number of rotatable bonds is 3. The van der Waals surface area contributed by atoms with Gasteiger partial charge >= 0.3 is 0 Å². The second-order valence-electron chi connectivity index (χ2n) is 3.47.